The summed E-state index contributed by atoms with van der Waals surface area (Å²) in [5.41, 5.74) is 5.35. The second kappa shape index (κ2) is 5.27. The molecule has 0 heterocycles. The topological polar surface area (TPSA) is 35.2 Å². The maximum absolute atomic E-state index is 13.7. The third-order valence-electron chi connectivity index (χ3n) is 2.32. The van der Waals surface area contributed by atoms with Crippen molar-refractivity contribution in [2.75, 3.05) is 0 Å². The Hall–Kier alpha value is -2.08. The average molecular weight is 283 g/mol. The van der Waals surface area contributed by atoms with Gasteiger partial charge in [-0.1, -0.05) is 12.2 Å². The van der Waals surface area contributed by atoms with E-state index in [1.54, 1.807) is 0 Å². The van der Waals surface area contributed by atoms with Crippen LogP contribution in [0.4, 0.5) is 13.2 Å². The summed E-state index contributed by atoms with van der Waals surface area (Å²) in [4.78, 5) is -0.119. The molecule has 0 saturated carbocycles. The van der Waals surface area contributed by atoms with Gasteiger partial charge < -0.3 is 10.5 Å². The minimum absolute atomic E-state index is 0.0662. The standard InChI is InChI=1S/C13H8F3NOS/c14-8-1-3-9(4-2-8)18-12-10(15)5-7(13(17)19)6-11(12)16/h1-6H,(H2,17,19). The van der Waals surface area contributed by atoms with Crippen molar-refractivity contribution < 1.29 is 17.9 Å². The van der Waals surface area contributed by atoms with Crippen molar-refractivity contribution in [1.82, 2.24) is 0 Å². The molecule has 0 aliphatic heterocycles. The number of thiocarbonyl (C=S) groups is 1. The molecule has 0 unspecified atom stereocenters. The minimum Gasteiger partial charge on any atom is -0.451 e. The number of nitrogens with two attached hydrogens (primary N) is 1. The maximum Gasteiger partial charge on any atom is 0.198 e. The summed E-state index contributed by atoms with van der Waals surface area (Å²) in [6.45, 7) is 0. The lowest BCUT2D eigenvalue weighted by molar-refractivity contribution is 0.406. The van der Waals surface area contributed by atoms with Crippen molar-refractivity contribution in [2.45, 2.75) is 0 Å². The Morgan fingerprint density at radius 3 is 2.00 bits per heavy atom. The Balaban J connectivity index is 2.35. The molecule has 2 N–H and O–H groups in total. The van der Waals surface area contributed by atoms with Crippen LogP contribution in [0.1, 0.15) is 5.56 Å². The number of benzene rings is 2. The van der Waals surface area contributed by atoms with Crippen molar-refractivity contribution in [1.29, 1.82) is 0 Å². The van der Waals surface area contributed by atoms with Crippen molar-refractivity contribution in [3.8, 4) is 11.5 Å². The first-order valence-corrected chi connectivity index (χ1v) is 5.60. The first-order chi connectivity index (χ1) is 8.97. The van der Waals surface area contributed by atoms with Gasteiger partial charge in [-0.2, -0.15) is 0 Å². The van der Waals surface area contributed by atoms with E-state index in [0.717, 1.165) is 24.3 Å². The molecule has 0 aliphatic carbocycles. The van der Waals surface area contributed by atoms with Gasteiger partial charge in [0.2, 0.25) is 0 Å². The Morgan fingerprint density at radius 2 is 1.53 bits per heavy atom. The lowest BCUT2D eigenvalue weighted by Gasteiger charge is -2.09. The SMILES string of the molecule is NC(=S)c1cc(F)c(Oc2ccc(F)cc2)c(F)c1. The molecule has 0 aliphatic rings. The quantitative estimate of drug-likeness (QED) is 0.875. The van der Waals surface area contributed by atoms with Crippen LogP contribution in [0.25, 0.3) is 0 Å². The van der Waals surface area contributed by atoms with Gasteiger partial charge in [-0.25, -0.2) is 13.2 Å². The number of halogens is 3. The first-order valence-electron chi connectivity index (χ1n) is 5.19. The second-order valence-electron chi connectivity index (χ2n) is 3.69. The van der Waals surface area contributed by atoms with Gasteiger partial charge in [-0.15, -0.1) is 0 Å². The molecule has 0 amide bonds. The van der Waals surface area contributed by atoms with Gasteiger partial charge in [0.05, 0.1) is 0 Å². The molecule has 19 heavy (non-hydrogen) atoms. The smallest absolute Gasteiger partial charge is 0.198 e. The van der Waals surface area contributed by atoms with E-state index in [1.165, 1.54) is 12.1 Å². The van der Waals surface area contributed by atoms with Crippen LogP contribution in [0.2, 0.25) is 0 Å². The molecule has 2 aromatic rings. The van der Waals surface area contributed by atoms with Gasteiger partial charge in [0, 0.05) is 5.56 Å². The van der Waals surface area contributed by atoms with E-state index in [4.69, 9.17) is 10.5 Å². The number of ether oxygens (including phenoxy) is 1. The fourth-order valence-corrected chi connectivity index (χ4v) is 1.54. The molecule has 2 aromatic carbocycles. The Labute approximate surface area is 112 Å². The minimum atomic E-state index is -0.938. The van der Waals surface area contributed by atoms with Crippen LogP contribution in [-0.4, -0.2) is 4.99 Å². The lowest BCUT2D eigenvalue weighted by atomic mass is 10.2. The third kappa shape index (κ3) is 3.03. The maximum atomic E-state index is 13.7. The third-order valence-corrected chi connectivity index (χ3v) is 2.55. The number of hydrogen-bond acceptors (Lipinski definition) is 2. The Bertz CT molecular complexity index is 605. The van der Waals surface area contributed by atoms with Crippen LogP contribution < -0.4 is 10.5 Å². The van der Waals surface area contributed by atoms with Gasteiger partial charge in [0.25, 0.3) is 0 Å². The van der Waals surface area contributed by atoms with Gasteiger partial charge in [0.1, 0.15) is 16.6 Å². The van der Waals surface area contributed by atoms with Gasteiger partial charge in [-0.3, -0.25) is 0 Å². The predicted molar refractivity (Wildman–Crippen MR) is 68.7 cm³/mol. The van der Waals surface area contributed by atoms with Crippen LogP contribution >= 0.6 is 12.2 Å². The largest absolute Gasteiger partial charge is 0.451 e. The summed E-state index contributed by atoms with van der Waals surface area (Å²) >= 11 is 4.63. The highest BCUT2D eigenvalue weighted by Gasteiger charge is 2.14. The fraction of sp³-hybridized carbons (Fsp3) is 0. The summed E-state index contributed by atoms with van der Waals surface area (Å²) in [5, 5.41) is 0. The van der Waals surface area contributed by atoms with Crippen LogP contribution in [0.3, 0.4) is 0 Å². The predicted octanol–water partition coefficient (Wildman–Crippen LogP) is 3.53. The molecule has 0 fully saturated rings. The summed E-state index contributed by atoms with van der Waals surface area (Å²) in [6, 6.07) is 6.71. The van der Waals surface area contributed by atoms with Crippen LogP contribution in [0.5, 0.6) is 11.5 Å². The van der Waals surface area contributed by atoms with Crippen molar-refractivity contribution >= 4 is 17.2 Å². The van der Waals surface area contributed by atoms with Gasteiger partial charge in [0.15, 0.2) is 17.4 Å². The summed E-state index contributed by atoms with van der Waals surface area (Å²) in [5.74, 6) is -2.83. The number of rotatable bonds is 3. The van der Waals surface area contributed by atoms with Crippen LogP contribution in [-0.2, 0) is 0 Å². The van der Waals surface area contributed by atoms with Crippen LogP contribution in [0, 0.1) is 17.5 Å². The Morgan fingerprint density at radius 1 is 1.00 bits per heavy atom. The van der Waals surface area contributed by atoms with Crippen LogP contribution in [0.15, 0.2) is 36.4 Å². The molecule has 0 bridgehead atoms. The summed E-state index contributed by atoms with van der Waals surface area (Å²) in [6.07, 6.45) is 0. The first kappa shape index (κ1) is 13.4. The molecule has 6 heteroatoms. The second-order valence-corrected chi connectivity index (χ2v) is 4.13. The molecule has 0 atom stereocenters. The molecule has 0 spiro atoms. The molecule has 0 aromatic heterocycles. The average Bonchev–Trinajstić information content (AvgIpc) is 2.35. The Kier molecular flexibility index (Phi) is 3.71. The monoisotopic (exact) mass is 283 g/mol. The van der Waals surface area contributed by atoms with Gasteiger partial charge in [-0.05, 0) is 36.4 Å². The zero-order valence-electron chi connectivity index (χ0n) is 9.49. The highest BCUT2D eigenvalue weighted by atomic mass is 32.1. The molecule has 2 rings (SSSR count). The highest BCUT2D eigenvalue weighted by Crippen LogP contribution is 2.28. The van der Waals surface area contributed by atoms with Gasteiger partial charge >= 0.3 is 0 Å². The van der Waals surface area contributed by atoms with E-state index >= 15 is 0 Å². The van der Waals surface area contributed by atoms with Crippen molar-refractivity contribution in [2.24, 2.45) is 5.73 Å². The van der Waals surface area contributed by atoms with E-state index in [-0.39, 0.29) is 16.3 Å². The zero-order valence-corrected chi connectivity index (χ0v) is 10.3. The highest BCUT2D eigenvalue weighted by molar-refractivity contribution is 7.80. The van der Waals surface area contributed by atoms with Crippen molar-refractivity contribution in [3.05, 3.63) is 59.4 Å². The zero-order chi connectivity index (χ0) is 14.0. The number of hydrogen-bond donors (Lipinski definition) is 1. The lowest BCUT2D eigenvalue weighted by Crippen LogP contribution is -2.10. The normalized spacial score (nSPS) is 10.3. The van der Waals surface area contributed by atoms with E-state index in [1.807, 2.05) is 0 Å². The molecule has 0 saturated heterocycles. The van der Waals surface area contributed by atoms with Crippen molar-refractivity contribution in [3.63, 3.8) is 0 Å². The van der Waals surface area contributed by atoms with E-state index in [0.29, 0.717) is 0 Å². The molecular weight excluding hydrogens is 275 g/mol. The molecule has 98 valence electrons. The summed E-state index contributed by atoms with van der Waals surface area (Å²) in [7, 11) is 0. The van der Waals surface area contributed by atoms with E-state index in [9.17, 15) is 13.2 Å². The summed E-state index contributed by atoms with van der Waals surface area (Å²) < 4.78 is 45.1. The molecular formula is C13H8F3NOS. The fourth-order valence-electron chi connectivity index (χ4n) is 1.42. The van der Waals surface area contributed by atoms with E-state index in [2.05, 4.69) is 12.2 Å². The van der Waals surface area contributed by atoms with E-state index < -0.39 is 23.2 Å². The molecule has 0 radical (unpaired) electrons. The molecule has 2 nitrogen and oxygen atoms in total.